The van der Waals surface area contributed by atoms with Crippen LogP contribution in [-0.4, -0.2) is 61.2 Å². The highest BCUT2D eigenvalue weighted by Gasteiger charge is 2.31. The molecule has 0 amide bonds. The monoisotopic (exact) mass is 487 g/mol. The number of halogens is 3. The van der Waals surface area contributed by atoms with E-state index in [2.05, 4.69) is 28.3 Å². The molecule has 2 aromatic carbocycles. The van der Waals surface area contributed by atoms with Crippen molar-refractivity contribution in [1.29, 1.82) is 0 Å². The van der Waals surface area contributed by atoms with Crippen LogP contribution in [-0.2, 0) is 11.0 Å². The number of hydrogen-bond donors (Lipinski definition) is 1. The number of allylic oxidation sites excluding steroid dienone is 1. The van der Waals surface area contributed by atoms with E-state index in [1.54, 1.807) is 6.07 Å². The second kappa shape index (κ2) is 11.7. The number of rotatable bonds is 7. The van der Waals surface area contributed by atoms with Gasteiger partial charge in [-0.2, -0.15) is 13.2 Å². The van der Waals surface area contributed by atoms with E-state index in [1.807, 2.05) is 23.1 Å². The van der Waals surface area contributed by atoms with E-state index in [1.165, 1.54) is 17.7 Å². The first-order valence-electron chi connectivity index (χ1n) is 12.2. The number of hydrogen-bond acceptors (Lipinski definition) is 5. The van der Waals surface area contributed by atoms with Gasteiger partial charge in [-0.05, 0) is 61.1 Å². The number of aliphatic hydroxyl groups excluding tert-OH is 1. The van der Waals surface area contributed by atoms with Gasteiger partial charge in [0.15, 0.2) is 0 Å². The topological polar surface area (TPSA) is 48.3 Å². The fraction of sp³-hybridized carbons (Fsp3) is 0.444. The van der Waals surface area contributed by atoms with E-state index in [9.17, 15) is 18.3 Å². The van der Waals surface area contributed by atoms with Crippen molar-refractivity contribution in [2.45, 2.75) is 38.0 Å². The van der Waals surface area contributed by atoms with E-state index >= 15 is 0 Å². The summed E-state index contributed by atoms with van der Waals surface area (Å²) < 4.78 is 39.0. The zero-order chi connectivity index (χ0) is 24.7. The second-order valence-electron chi connectivity index (χ2n) is 9.11. The molecule has 2 aliphatic rings. The maximum atomic E-state index is 13.0. The summed E-state index contributed by atoms with van der Waals surface area (Å²) in [4.78, 5) is 9.59. The van der Waals surface area contributed by atoms with Crippen LogP contribution in [0.1, 0.15) is 36.8 Å². The zero-order valence-electron chi connectivity index (χ0n) is 19.8. The van der Waals surface area contributed by atoms with Crippen LogP contribution in [0.25, 0.3) is 6.08 Å². The third-order valence-electron chi connectivity index (χ3n) is 6.44. The van der Waals surface area contributed by atoms with Gasteiger partial charge in [0.25, 0.3) is 0 Å². The third-order valence-corrected chi connectivity index (χ3v) is 6.44. The molecule has 8 heteroatoms. The lowest BCUT2D eigenvalue weighted by atomic mass is 9.91. The predicted octanol–water partition coefficient (Wildman–Crippen LogP) is 5.22. The van der Waals surface area contributed by atoms with Crippen molar-refractivity contribution in [3.05, 3.63) is 71.3 Å². The second-order valence-corrected chi connectivity index (χ2v) is 9.11. The molecule has 1 aliphatic heterocycles. The molecular weight excluding hydrogens is 455 g/mol. The number of oxime groups is 1. The van der Waals surface area contributed by atoms with Crippen molar-refractivity contribution in [3.8, 4) is 0 Å². The third kappa shape index (κ3) is 7.32. The van der Waals surface area contributed by atoms with Crippen molar-refractivity contribution in [2.24, 2.45) is 5.16 Å². The van der Waals surface area contributed by atoms with Gasteiger partial charge in [-0.25, -0.2) is 0 Å². The molecule has 0 aromatic heterocycles. The summed E-state index contributed by atoms with van der Waals surface area (Å²) in [5.41, 5.74) is 3.21. The molecule has 1 aliphatic carbocycles. The number of benzene rings is 2. The summed E-state index contributed by atoms with van der Waals surface area (Å²) in [6, 6.07) is 15.6. The lowest BCUT2D eigenvalue weighted by Gasteiger charge is -2.37. The van der Waals surface area contributed by atoms with E-state index in [0.717, 1.165) is 43.0 Å². The molecule has 1 saturated carbocycles. The van der Waals surface area contributed by atoms with Crippen molar-refractivity contribution in [1.82, 2.24) is 4.90 Å². The Labute approximate surface area is 204 Å². The first kappa shape index (κ1) is 25.3. The molecular formula is C27H32F3N3O2. The molecule has 1 heterocycles. The van der Waals surface area contributed by atoms with E-state index < -0.39 is 17.8 Å². The van der Waals surface area contributed by atoms with Gasteiger partial charge in [0.1, 0.15) is 12.7 Å². The molecule has 0 spiro atoms. The molecule has 35 heavy (non-hydrogen) atoms. The summed E-state index contributed by atoms with van der Waals surface area (Å²) in [6.45, 7) is 3.07. The first-order chi connectivity index (χ1) is 16.9. The van der Waals surface area contributed by atoms with Crippen molar-refractivity contribution in [3.63, 3.8) is 0 Å². The number of β-amino-alcohol motifs (C(OH)–C–C–N with tert-alkyl or cyclic N) is 1. The average molecular weight is 488 g/mol. The van der Waals surface area contributed by atoms with Crippen molar-refractivity contribution in [2.75, 3.05) is 44.2 Å². The van der Waals surface area contributed by atoms with E-state index in [-0.39, 0.29) is 6.61 Å². The molecule has 0 unspecified atom stereocenters. The fourth-order valence-electron chi connectivity index (χ4n) is 4.54. The van der Waals surface area contributed by atoms with Gasteiger partial charge in [0.2, 0.25) is 0 Å². The van der Waals surface area contributed by atoms with Gasteiger partial charge in [-0.3, -0.25) is 4.90 Å². The van der Waals surface area contributed by atoms with Crippen LogP contribution in [0.3, 0.4) is 0 Å². The standard InChI is InChI=1S/C27H32F3N3O2/c28-27(29,30)23-10-6-11-24(18-23)33-15-13-32(14-16-33)19-25(34)20-35-31-26-12-5-4-9-22(26)17-21-7-2-1-3-8-21/h1-3,6-8,10-11,17-18,25,34H,4-5,9,12-16,19-20H2/b22-17+,31-26+/t25-/m0/s1. The van der Waals surface area contributed by atoms with Gasteiger partial charge >= 0.3 is 6.18 Å². The normalized spacial score (nSPS) is 20.9. The Morgan fingerprint density at radius 1 is 0.971 bits per heavy atom. The Kier molecular flexibility index (Phi) is 8.46. The molecule has 1 N–H and O–H groups in total. The Morgan fingerprint density at radius 3 is 2.46 bits per heavy atom. The van der Waals surface area contributed by atoms with Crippen molar-refractivity contribution < 1.29 is 23.1 Å². The zero-order valence-corrected chi connectivity index (χ0v) is 19.8. The molecule has 2 fully saturated rings. The number of anilines is 1. The molecule has 188 valence electrons. The van der Waals surface area contributed by atoms with Crippen molar-refractivity contribution >= 4 is 17.5 Å². The van der Waals surface area contributed by atoms with Gasteiger partial charge in [0.05, 0.1) is 11.3 Å². The van der Waals surface area contributed by atoms with E-state index in [0.29, 0.717) is 38.4 Å². The lowest BCUT2D eigenvalue weighted by molar-refractivity contribution is -0.137. The molecule has 5 nitrogen and oxygen atoms in total. The van der Waals surface area contributed by atoms with Crippen LogP contribution in [0.5, 0.6) is 0 Å². The number of aliphatic hydroxyl groups is 1. The lowest BCUT2D eigenvalue weighted by Crippen LogP contribution is -2.49. The molecule has 2 aromatic rings. The number of nitrogens with zero attached hydrogens (tertiary/aromatic N) is 3. The summed E-state index contributed by atoms with van der Waals surface area (Å²) in [7, 11) is 0. The Balaban J connectivity index is 1.24. The Morgan fingerprint density at radius 2 is 1.71 bits per heavy atom. The highest BCUT2D eigenvalue weighted by atomic mass is 19.4. The molecule has 1 saturated heterocycles. The van der Waals surface area contributed by atoms with Gasteiger partial charge in [-0.15, -0.1) is 0 Å². The van der Waals surface area contributed by atoms with Crippen LogP contribution in [0.15, 0.2) is 65.3 Å². The summed E-state index contributed by atoms with van der Waals surface area (Å²) in [5, 5.41) is 14.8. The summed E-state index contributed by atoms with van der Waals surface area (Å²) in [5.74, 6) is 0. The van der Waals surface area contributed by atoms with Crippen LogP contribution in [0, 0.1) is 0 Å². The first-order valence-corrected chi connectivity index (χ1v) is 12.2. The quantitative estimate of drug-likeness (QED) is 0.544. The van der Waals surface area contributed by atoms with Crippen LogP contribution < -0.4 is 4.90 Å². The number of alkyl halides is 3. The maximum Gasteiger partial charge on any atom is 0.416 e. The minimum Gasteiger partial charge on any atom is -0.393 e. The van der Waals surface area contributed by atoms with Crippen LogP contribution in [0.2, 0.25) is 0 Å². The van der Waals surface area contributed by atoms with Gasteiger partial charge in [-0.1, -0.05) is 41.6 Å². The molecule has 0 radical (unpaired) electrons. The Hall–Kier alpha value is -2.84. The molecule has 4 rings (SSSR count). The van der Waals surface area contributed by atoms with Gasteiger partial charge in [0, 0.05) is 38.4 Å². The minimum absolute atomic E-state index is 0.107. The minimum atomic E-state index is -4.35. The fourth-order valence-corrected chi connectivity index (χ4v) is 4.54. The Bertz CT molecular complexity index is 1020. The summed E-state index contributed by atoms with van der Waals surface area (Å²) in [6.07, 6.45) is 1.16. The predicted molar refractivity (Wildman–Crippen MR) is 132 cm³/mol. The molecule has 1 atom stereocenters. The molecule has 0 bridgehead atoms. The highest BCUT2D eigenvalue weighted by molar-refractivity contribution is 6.03. The summed E-state index contributed by atoms with van der Waals surface area (Å²) >= 11 is 0. The number of piperazine rings is 1. The van der Waals surface area contributed by atoms with Gasteiger partial charge < -0.3 is 14.8 Å². The largest absolute Gasteiger partial charge is 0.416 e. The smallest absolute Gasteiger partial charge is 0.393 e. The van der Waals surface area contributed by atoms with Crippen LogP contribution >= 0.6 is 0 Å². The maximum absolute atomic E-state index is 13.0. The highest BCUT2D eigenvalue weighted by Crippen LogP contribution is 2.32. The van der Waals surface area contributed by atoms with Crippen LogP contribution in [0.4, 0.5) is 18.9 Å². The average Bonchev–Trinajstić information content (AvgIpc) is 2.86. The van der Waals surface area contributed by atoms with E-state index in [4.69, 9.17) is 4.84 Å². The SMILES string of the molecule is O[C@H](CO/N=C1\CCCC\C1=C/c1ccccc1)CN1CCN(c2cccc(C(F)(F)F)c2)CC1.